The molecule has 0 heterocycles. The molecule has 0 bridgehead atoms. The van der Waals surface area contributed by atoms with Crippen molar-refractivity contribution >= 4 is 35.1 Å². The summed E-state index contributed by atoms with van der Waals surface area (Å²) in [6, 6.07) is 8.77. The van der Waals surface area contributed by atoms with Crippen LogP contribution in [0, 0.1) is 6.92 Å². The van der Waals surface area contributed by atoms with Gasteiger partial charge in [-0.05, 0) is 42.3 Å². The van der Waals surface area contributed by atoms with Crippen LogP contribution in [0.1, 0.15) is 11.1 Å². The number of benzene rings is 2. The van der Waals surface area contributed by atoms with E-state index < -0.39 is 0 Å². The molecule has 2 rings (SSSR count). The SMILES string of the molecule is COc1cc(C=Nc2cc(Cl)ccc2C)cc(Cl)c1O. The standard InChI is InChI=1S/C15H13Cl2NO2/c1-9-3-4-11(16)7-13(9)18-8-10-5-12(17)15(19)14(6-10)20-2/h3-8,19H,1-2H3. The number of methoxy groups -OCH3 is 1. The molecule has 0 saturated carbocycles. The van der Waals surface area contributed by atoms with E-state index >= 15 is 0 Å². The number of aryl methyl sites for hydroxylation is 1. The number of phenolic OH excluding ortho intramolecular Hbond substituents is 1. The van der Waals surface area contributed by atoms with E-state index in [1.54, 1.807) is 24.4 Å². The second-order valence-corrected chi connectivity index (χ2v) is 5.09. The third-order valence-corrected chi connectivity index (χ3v) is 3.32. The fourth-order valence-corrected chi connectivity index (χ4v) is 2.08. The maximum Gasteiger partial charge on any atom is 0.176 e. The van der Waals surface area contributed by atoms with Crippen LogP contribution < -0.4 is 4.74 Å². The average molecular weight is 310 g/mol. The Morgan fingerprint density at radius 2 is 1.95 bits per heavy atom. The van der Waals surface area contributed by atoms with Gasteiger partial charge in [0, 0.05) is 11.2 Å². The first-order chi connectivity index (χ1) is 9.51. The number of aliphatic imine (C=N–C) groups is 1. The van der Waals surface area contributed by atoms with Gasteiger partial charge in [-0.3, -0.25) is 4.99 Å². The van der Waals surface area contributed by atoms with Crippen LogP contribution in [0.15, 0.2) is 35.3 Å². The molecule has 0 radical (unpaired) electrons. The fraction of sp³-hybridized carbons (Fsp3) is 0.133. The minimum atomic E-state index is -0.0785. The number of hydrogen-bond acceptors (Lipinski definition) is 3. The van der Waals surface area contributed by atoms with Gasteiger partial charge in [-0.2, -0.15) is 0 Å². The van der Waals surface area contributed by atoms with E-state index in [0.29, 0.717) is 10.8 Å². The first-order valence-corrected chi connectivity index (χ1v) is 6.63. The van der Waals surface area contributed by atoms with Crippen molar-refractivity contribution in [1.82, 2.24) is 0 Å². The Balaban J connectivity index is 2.36. The smallest absolute Gasteiger partial charge is 0.176 e. The molecular formula is C15H13Cl2NO2. The monoisotopic (exact) mass is 309 g/mol. The van der Waals surface area contributed by atoms with Crippen molar-refractivity contribution in [2.75, 3.05) is 7.11 Å². The van der Waals surface area contributed by atoms with Gasteiger partial charge in [0.05, 0.1) is 17.8 Å². The van der Waals surface area contributed by atoms with E-state index in [9.17, 15) is 5.11 Å². The summed E-state index contributed by atoms with van der Waals surface area (Å²) in [5, 5.41) is 10.5. The summed E-state index contributed by atoms with van der Waals surface area (Å²) < 4.78 is 5.04. The molecule has 1 N–H and O–H groups in total. The molecule has 104 valence electrons. The van der Waals surface area contributed by atoms with Gasteiger partial charge >= 0.3 is 0 Å². The third-order valence-electron chi connectivity index (χ3n) is 2.79. The molecule has 0 aliphatic carbocycles. The zero-order valence-electron chi connectivity index (χ0n) is 11.0. The molecule has 5 heteroatoms. The lowest BCUT2D eigenvalue weighted by Gasteiger charge is -2.06. The van der Waals surface area contributed by atoms with Crippen molar-refractivity contribution in [2.24, 2.45) is 4.99 Å². The lowest BCUT2D eigenvalue weighted by Crippen LogP contribution is -1.88. The van der Waals surface area contributed by atoms with Crippen LogP contribution in [0.2, 0.25) is 10.0 Å². The molecule has 0 unspecified atom stereocenters. The Morgan fingerprint density at radius 1 is 1.20 bits per heavy atom. The van der Waals surface area contributed by atoms with Crippen LogP contribution >= 0.6 is 23.2 Å². The highest BCUT2D eigenvalue weighted by Gasteiger charge is 2.07. The van der Waals surface area contributed by atoms with Gasteiger partial charge in [0.25, 0.3) is 0 Å². The van der Waals surface area contributed by atoms with Crippen LogP contribution in [0.25, 0.3) is 0 Å². The Labute approximate surface area is 127 Å². The molecule has 0 aliphatic rings. The van der Waals surface area contributed by atoms with Gasteiger partial charge in [-0.25, -0.2) is 0 Å². The Hall–Kier alpha value is -1.71. The topological polar surface area (TPSA) is 41.8 Å². The highest BCUT2D eigenvalue weighted by atomic mass is 35.5. The van der Waals surface area contributed by atoms with Gasteiger partial charge in [-0.15, -0.1) is 0 Å². The van der Waals surface area contributed by atoms with Gasteiger partial charge in [0.15, 0.2) is 11.5 Å². The molecule has 0 saturated heterocycles. The molecule has 2 aromatic carbocycles. The molecule has 0 aliphatic heterocycles. The van der Waals surface area contributed by atoms with Crippen LogP contribution in [-0.2, 0) is 0 Å². The highest BCUT2D eigenvalue weighted by Crippen LogP contribution is 2.34. The maximum atomic E-state index is 9.67. The third kappa shape index (κ3) is 3.24. The summed E-state index contributed by atoms with van der Waals surface area (Å²) >= 11 is 11.9. The zero-order valence-corrected chi connectivity index (χ0v) is 12.5. The normalized spacial score (nSPS) is 11.0. The Bertz CT molecular complexity index is 669. The summed E-state index contributed by atoms with van der Waals surface area (Å²) in [7, 11) is 1.47. The molecule has 20 heavy (non-hydrogen) atoms. The fourth-order valence-electron chi connectivity index (χ4n) is 1.69. The predicted molar refractivity (Wildman–Crippen MR) is 83.1 cm³/mol. The first kappa shape index (κ1) is 14.7. The Kier molecular flexibility index (Phi) is 4.53. The van der Waals surface area contributed by atoms with E-state index in [1.807, 2.05) is 19.1 Å². The molecule has 0 atom stereocenters. The second kappa shape index (κ2) is 6.16. The summed E-state index contributed by atoms with van der Waals surface area (Å²) in [5.41, 5.74) is 2.52. The van der Waals surface area contributed by atoms with Crippen LogP contribution in [0.4, 0.5) is 5.69 Å². The molecule has 0 amide bonds. The second-order valence-electron chi connectivity index (χ2n) is 4.24. The number of rotatable bonds is 3. The zero-order chi connectivity index (χ0) is 14.7. The van der Waals surface area contributed by atoms with E-state index in [1.165, 1.54) is 7.11 Å². The van der Waals surface area contributed by atoms with E-state index in [-0.39, 0.29) is 10.8 Å². The molecule has 0 spiro atoms. The van der Waals surface area contributed by atoms with Crippen molar-refractivity contribution < 1.29 is 9.84 Å². The molecular weight excluding hydrogens is 297 g/mol. The number of aromatic hydroxyl groups is 1. The first-order valence-electron chi connectivity index (χ1n) is 5.88. The van der Waals surface area contributed by atoms with Crippen molar-refractivity contribution in [3.8, 4) is 11.5 Å². The van der Waals surface area contributed by atoms with E-state index in [4.69, 9.17) is 27.9 Å². The van der Waals surface area contributed by atoms with Gasteiger partial charge < -0.3 is 9.84 Å². The van der Waals surface area contributed by atoms with Crippen LogP contribution in [0.5, 0.6) is 11.5 Å². The summed E-state index contributed by atoms with van der Waals surface area (Å²) in [6.45, 7) is 1.95. The largest absolute Gasteiger partial charge is 0.503 e. The van der Waals surface area contributed by atoms with Crippen molar-refractivity contribution in [2.45, 2.75) is 6.92 Å². The lowest BCUT2D eigenvalue weighted by atomic mass is 10.2. The van der Waals surface area contributed by atoms with E-state index in [0.717, 1.165) is 16.8 Å². The van der Waals surface area contributed by atoms with Crippen LogP contribution in [0.3, 0.4) is 0 Å². The number of nitrogens with zero attached hydrogens (tertiary/aromatic N) is 1. The highest BCUT2D eigenvalue weighted by molar-refractivity contribution is 6.32. The van der Waals surface area contributed by atoms with Crippen LogP contribution in [-0.4, -0.2) is 18.4 Å². The minimum absolute atomic E-state index is 0.0785. The predicted octanol–water partition coefficient (Wildman–Crippen LogP) is 4.77. The summed E-state index contributed by atoms with van der Waals surface area (Å²) in [6.07, 6.45) is 1.65. The lowest BCUT2D eigenvalue weighted by molar-refractivity contribution is 0.373. The number of phenols is 1. The minimum Gasteiger partial charge on any atom is -0.503 e. The average Bonchev–Trinajstić information content (AvgIpc) is 2.43. The van der Waals surface area contributed by atoms with Gasteiger partial charge in [0.1, 0.15) is 0 Å². The van der Waals surface area contributed by atoms with Crippen molar-refractivity contribution in [3.05, 3.63) is 51.5 Å². The van der Waals surface area contributed by atoms with Gasteiger partial charge in [0.2, 0.25) is 0 Å². The molecule has 0 fully saturated rings. The molecule has 3 nitrogen and oxygen atoms in total. The maximum absolute atomic E-state index is 9.67. The van der Waals surface area contributed by atoms with Crippen molar-refractivity contribution in [3.63, 3.8) is 0 Å². The molecule has 2 aromatic rings. The summed E-state index contributed by atoms with van der Waals surface area (Å²) in [4.78, 5) is 4.38. The van der Waals surface area contributed by atoms with Crippen molar-refractivity contribution in [1.29, 1.82) is 0 Å². The number of halogens is 2. The summed E-state index contributed by atoms with van der Waals surface area (Å²) in [5.74, 6) is 0.229. The quantitative estimate of drug-likeness (QED) is 0.830. The molecule has 0 aromatic heterocycles. The van der Waals surface area contributed by atoms with Gasteiger partial charge in [-0.1, -0.05) is 29.3 Å². The number of ether oxygens (including phenoxy) is 1. The Morgan fingerprint density at radius 3 is 2.65 bits per heavy atom. The van der Waals surface area contributed by atoms with E-state index in [2.05, 4.69) is 4.99 Å². The number of hydrogen-bond donors (Lipinski definition) is 1.